The summed E-state index contributed by atoms with van der Waals surface area (Å²) in [6, 6.07) is 10.4. The van der Waals surface area contributed by atoms with E-state index in [0.717, 1.165) is 5.56 Å². The van der Waals surface area contributed by atoms with Gasteiger partial charge in [0.05, 0.1) is 4.90 Å². The zero-order valence-electron chi connectivity index (χ0n) is 11.1. The van der Waals surface area contributed by atoms with Gasteiger partial charge in [-0.15, -0.1) is 0 Å². The molecule has 0 radical (unpaired) electrons. The average molecular weight is 310 g/mol. The van der Waals surface area contributed by atoms with Gasteiger partial charge in [0.25, 0.3) is 0 Å². The molecule has 112 valence electrons. The van der Waals surface area contributed by atoms with E-state index in [1.165, 1.54) is 24.3 Å². The van der Waals surface area contributed by atoms with E-state index in [1.807, 2.05) is 0 Å². The van der Waals surface area contributed by atoms with Crippen LogP contribution in [0.25, 0.3) is 0 Å². The zero-order valence-corrected chi connectivity index (χ0v) is 11.9. The lowest BCUT2D eigenvalue weighted by Crippen LogP contribution is -2.15. The van der Waals surface area contributed by atoms with Crippen LogP contribution >= 0.6 is 0 Å². The molecule has 0 saturated heterocycles. The van der Waals surface area contributed by atoms with E-state index in [1.54, 1.807) is 18.2 Å². The molecular formula is C14H15FN2O3S. The normalized spacial score (nSPS) is 11.5. The van der Waals surface area contributed by atoms with Crippen LogP contribution in [-0.2, 0) is 23.1 Å². The van der Waals surface area contributed by atoms with Crippen LogP contribution < -0.4 is 10.5 Å². The lowest BCUT2D eigenvalue weighted by atomic mass is 10.2. The maximum Gasteiger partial charge on any atom is 0.238 e. The third-order valence-corrected chi connectivity index (χ3v) is 3.81. The molecule has 0 fully saturated rings. The first-order valence-corrected chi connectivity index (χ1v) is 7.71. The van der Waals surface area contributed by atoms with Gasteiger partial charge in [0, 0.05) is 13.1 Å². The summed E-state index contributed by atoms with van der Waals surface area (Å²) >= 11 is 0. The minimum atomic E-state index is -3.72. The predicted octanol–water partition coefficient (Wildman–Crippen LogP) is 1.47. The lowest BCUT2D eigenvalue weighted by Gasteiger charge is -2.07. The summed E-state index contributed by atoms with van der Waals surface area (Å²) in [5, 5.41) is 17.2. The fourth-order valence-corrected chi connectivity index (χ4v) is 2.43. The molecule has 0 amide bonds. The Morgan fingerprint density at radius 1 is 1.10 bits per heavy atom. The second-order valence-electron chi connectivity index (χ2n) is 4.58. The number of phenols is 1. The first kappa shape index (κ1) is 15.4. The van der Waals surface area contributed by atoms with Crippen molar-refractivity contribution in [1.29, 1.82) is 0 Å². The summed E-state index contributed by atoms with van der Waals surface area (Å²) in [5.74, 6) is -1.06. The van der Waals surface area contributed by atoms with Gasteiger partial charge in [-0.05, 0) is 35.4 Å². The molecule has 0 aliphatic carbocycles. The Morgan fingerprint density at radius 3 is 2.38 bits per heavy atom. The Morgan fingerprint density at radius 2 is 1.76 bits per heavy atom. The molecule has 7 heteroatoms. The van der Waals surface area contributed by atoms with Crippen molar-refractivity contribution in [3.8, 4) is 5.75 Å². The molecule has 2 aromatic rings. The fraction of sp³-hybridized carbons (Fsp3) is 0.143. The highest BCUT2D eigenvalue weighted by molar-refractivity contribution is 7.89. The summed E-state index contributed by atoms with van der Waals surface area (Å²) in [6.45, 7) is 0.794. The lowest BCUT2D eigenvalue weighted by molar-refractivity contribution is 0.431. The predicted molar refractivity (Wildman–Crippen MR) is 76.4 cm³/mol. The summed E-state index contributed by atoms with van der Waals surface area (Å²) in [6.07, 6.45) is 0. The van der Waals surface area contributed by atoms with E-state index >= 15 is 0 Å². The number of hydrogen-bond acceptors (Lipinski definition) is 4. The van der Waals surface area contributed by atoms with Gasteiger partial charge in [0.2, 0.25) is 10.0 Å². The van der Waals surface area contributed by atoms with Crippen molar-refractivity contribution >= 4 is 10.0 Å². The van der Waals surface area contributed by atoms with Crippen molar-refractivity contribution in [1.82, 2.24) is 5.32 Å². The van der Waals surface area contributed by atoms with Crippen LogP contribution in [0.3, 0.4) is 0 Å². The molecule has 0 atom stereocenters. The molecule has 0 unspecified atom stereocenters. The van der Waals surface area contributed by atoms with E-state index in [9.17, 15) is 12.8 Å². The third kappa shape index (κ3) is 4.25. The van der Waals surface area contributed by atoms with Gasteiger partial charge in [-0.2, -0.15) is 0 Å². The number of benzene rings is 2. The topological polar surface area (TPSA) is 92.4 Å². The van der Waals surface area contributed by atoms with Crippen molar-refractivity contribution in [3.05, 3.63) is 59.4 Å². The summed E-state index contributed by atoms with van der Waals surface area (Å²) in [7, 11) is -3.72. The van der Waals surface area contributed by atoms with Crippen molar-refractivity contribution in [3.63, 3.8) is 0 Å². The van der Waals surface area contributed by atoms with Gasteiger partial charge in [-0.3, -0.25) is 0 Å². The van der Waals surface area contributed by atoms with Crippen LogP contribution in [0.15, 0.2) is 47.4 Å². The van der Waals surface area contributed by atoms with E-state index in [-0.39, 0.29) is 10.6 Å². The highest BCUT2D eigenvalue weighted by Gasteiger charge is 2.07. The Hall–Kier alpha value is -1.96. The minimum absolute atomic E-state index is 0.0532. The number of phenolic OH excluding ortho intramolecular Hbond substituents is 1. The van der Waals surface area contributed by atoms with Gasteiger partial charge in [0.15, 0.2) is 11.6 Å². The maximum atomic E-state index is 13.2. The molecule has 4 N–H and O–H groups in total. The van der Waals surface area contributed by atoms with Crippen molar-refractivity contribution in [2.75, 3.05) is 0 Å². The standard InChI is InChI=1S/C14H15FN2O3S/c15-13-7-11(4-5-14(13)18)9-17-8-10-2-1-3-12(6-10)21(16,19)20/h1-7,17-18H,8-9H2,(H2,16,19,20). The molecule has 0 spiro atoms. The van der Waals surface area contributed by atoms with E-state index in [2.05, 4.69) is 5.32 Å². The smallest absolute Gasteiger partial charge is 0.238 e. The van der Waals surface area contributed by atoms with Crippen LogP contribution in [0.4, 0.5) is 4.39 Å². The number of nitrogens with two attached hydrogens (primary N) is 1. The molecular weight excluding hydrogens is 295 g/mol. The zero-order chi connectivity index (χ0) is 15.5. The SMILES string of the molecule is NS(=O)(=O)c1cccc(CNCc2ccc(O)c(F)c2)c1. The third-order valence-electron chi connectivity index (χ3n) is 2.90. The highest BCUT2D eigenvalue weighted by atomic mass is 32.2. The average Bonchev–Trinajstić information content (AvgIpc) is 2.42. The quantitative estimate of drug-likeness (QED) is 0.779. The maximum absolute atomic E-state index is 13.2. The molecule has 0 saturated carbocycles. The van der Waals surface area contributed by atoms with Crippen molar-refractivity contribution in [2.24, 2.45) is 5.14 Å². The molecule has 21 heavy (non-hydrogen) atoms. The highest BCUT2D eigenvalue weighted by Crippen LogP contribution is 2.16. The van der Waals surface area contributed by atoms with E-state index in [0.29, 0.717) is 18.7 Å². The molecule has 2 rings (SSSR count). The molecule has 0 aliphatic rings. The van der Waals surface area contributed by atoms with E-state index in [4.69, 9.17) is 10.2 Å². The Kier molecular flexibility index (Phi) is 4.56. The summed E-state index contributed by atoms with van der Waals surface area (Å²) < 4.78 is 35.6. The van der Waals surface area contributed by atoms with Crippen molar-refractivity contribution < 1.29 is 17.9 Å². The van der Waals surface area contributed by atoms with Crippen LogP contribution in [-0.4, -0.2) is 13.5 Å². The number of nitrogens with one attached hydrogen (secondary N) is 1. The van der Waals surface area contributed by atoms with Crippen LogP contribution in [0, 0.1) is 5.82 Å². The van der Waals surface area contributed by atoms with E-state index < -0.39 is 15.8 Å². The number of primary sulfonamides is 1. The molecule has 5 nitrogen and oxygen atoms in total. The van der Waals surface area contributed by atoms with Gasteiger partial charge in [-0.25, -0.2) is 17.9 Å². The molecule has 0 aliphatic heterocycles. The van der Waals surface area contributed by atoms with Crippen molar-refractivity contribution in [2.45, 2.75) is 18.0 Å². The summed E-state index contributed by atoms with van der Waals surface area (Å²) in [5.41, 5.74) is 1.42. The molecule has 0 heterocycles. The minimum Gasteiger partial charge on any atom is -0.505 e. The first-order chi connectivity index (χ1) is 9.86. The number of aromatic hydroxyl groups is 1. The van der Waals surface area contributed by atoms with Crippen LogP contribution in [0.1, 0.15) is 11.1 Å². The second-order valence-corrected chi connectivity index (χ2v) is 6.14. The number of sulfonamides is 1. The van der Waals surface area contributed by atoms with Gasteiger partial charge < -0.3 is 10.4 Å². The molecule has 2 aromatic carbocycles. The molecule has 0 bridgehead atoms. The van der Waals surface area contributed by atoms with Gasteiger partial charge >= 0.3 is 0 Å². The Bertz CT molecular complexity index is 748. The van der Waals surface area contributed by atoms with Gasteiger partial charge in [0.1, 0.15) is 0 Å². The number of hydrogen-bond donors (Lipinski definition) is 3. The van der Waals surface area contributed by atoms with Gasteiger partial charge in [-0.1, -0.05) is 18.2 Å². The monoisotopic (exact) mass is 310 g/mol. The Balaban J connectivity index is 1.99. The molecule has 0 aromatic heterocycles. The second kappa shape index (κ2) is 6.21. The van der Waals surface area contributed by atoms with Crippen LogP contribution in [0.5, 0.6) is 5.75 Å². The fourth-order valence-electron chi connectivity index (χ4n) is 1.84. The number of halogens is 1. The number of rotatable bonds is 5. The largest absolute Gasteiger partial charge is 0.505 e. The van der Waals surface area contributed by atoms with Crippen LogP contribution in [0.2, 0.25) is 0 Å². The Labute approximate surface area is 122 Å². The summed E-state index contributed by atoms with van der Waals surface area (Å²) in [4.78, 5) is 0.0532. The first-order valence-electron chi connectivity index (χ1n) is 6.16.